The predicted octanol–water partition coefficient (Wildman–Crippen LogP) is 3.60. The van der Waals surface area contributed by atoms with Crippen molar-refractivity contribution in [1.82, 2.24) is 0 Å². The van der Waals surface area contributed by atoms with Gasteiger partial charge in [-0.15, -0.1) is 0 Å². The third kappa shape index (κ3) is 5.83. The van der Waals surface area contributed by atoms with Gasteiger partial charge in [0.25, 0.3) is 5.91 Å². The molecule has 1 amide bonds. The van der Waals surface area contributed by atoms with E-state index in [0.29, 0.717) is 18.4 Å². The van der Waals surface area contributed by atoms with Crippen LogP contribution in [0.15, 0.2) is 42.5 Å². The monoisotopic (exact) mass is 369 g/mol. The van der Waals surface area contributed by atoms with Crippen LogP contribution in [0.5, 0.6) is 5.75 Å². The lowest BCUT2D eigenvalue weighted by Gasteiger charge is -2.21. The van der Waals surface area contributed by atoms with Gasteiger partial charge in [-0.25, -0.2) is 0 Å². The van der Waals surface area contributed by atoms with Crippen LogP contribution in [0.2, 0.25) is 0 Å². The molecule has 2 rings (SSSR count). The van der Waals surface area contributed by atoms with Crippen molar-refractivity contribution in [1.29, 1.82) is 0 Å². The number of methoxy groups -OCH3 is 1. The van der Waals surface area contributed by atoms with Crippen LogP contribution in [-0.4, -0.2) is 26.6 Å². The predicted molar refractivity (Wildman–Crippen MR) is 112 cm³/mol. The standard InChI is InChI=1S/C23H32N2O2/c1-16(2)20-11-8-12-21(17(3)4)23(20)24-22(26)15-25(5)14-18-9-7-10-19(13-18)27-6/h7-13,16-17H,14-15H2,1-6H3,(H,24,26)/p+1. The van der Waals surface area contributed by atoms with Crippen LogP contribution in [0, 0.1) is 0 Å². The van der Waals surface area contributed by atoms with E-state index in [1.807, 2.05) is 25.2 Å². The van der Waals surface area contributed by atoms with E-state index in [2.05, 4.69) is 57.3 Å². The number of hydrogen-bond acceptors (Lipinski definition) is 2. The van der Waals surface area contributed by atoms with Gasteiger partial charge < -0.3 is 15.0 Å². The zero-order chi connectivity index (χ0) is 20.0. The normalized spacial score (nSPS) is 12.3. The summed E-state index contributed by atoms with van der Waals surface area (Å²) >= 11 is 0. The number of carbonyl (C=O) groups excluding carboxylic acids is 1. The molecule has 0 radical (unpaired) electrons. The molecule has 2 aromatic carbocycles. The largest absolute Gasteiger partial charge is 0.497 e. The number of quaternary nitrogens is 1. The molecule has 0 spiro atoms. The Morgan fingerprint density at radius 3 is 2.19 bits per heavy atom. The third-order valence-electron chi connectivity index (χ3n) is 4.74. The molecule has 0 aliphatic heterocycles. The average Bonchev–Trinajstić information content (AvgIpc) is 2.61. The zero-order valence-electron chi connectivity index (χ0n) is 17.4. The number of carbonyl (C=O) groups is 1. The maximum Gasteiger partial charge on any atom is 0.279 e. The van der Waals surface area contributed by atoms with Crippen molar-refractivity contribution in [3.63, 3.8) is 0 Å². The fourth-order valence-electron chi connectivity index (χ4n) is 3.35. The maximum atomic E-state index is 12.7. The number of hydrogen-bond donors (Lipinski definition) is 2. The molecule has 0 bridgehead atoms. The quantitative estimate of drug-likeness (QED) is 0.747. The summed E-state index contributed by atoms with van der Waals surface area (Å²) in [6, 6.07) is 14.3. The molecule has 0 aliphatic rings. The first kappa shape index (κ1) is 21.0. The van der Waals surface area contributed by atoms with Gasteiger partial charge in [0.15, 0.2) is 6.54 Å². The second-order valence-corrected chi connectivity index (χ2v) is 7.83. The van der Waals surface area contributed by atoms with Crippen LogP contribution in [0.4, 0.5) is 5.69 Å². The van der Waals surface area contributed by atoms with E-state index in [4.69, 9.17) is 4.74 Å². The summed E-state index contributed by atoms with van der Waals surface area (Å²) in [5.41, 5.74) is 4.53. The van der Waals surface area contributed by atoms with Crippen molar-refractivity contribution in [2.75, 3.05) is 26.0 Å². The van der Waals surface area contributed by atoms with E-state index >= 15 is 0 Å². The number of benzene rings is 2. The number of para-hydroxylation sites is 1. The Hall–Kier alpha value is -2.33. The fraction of sp³-hybridized carbons (Fsp3) is 0.435. The van der Waals surface area contributed by atoms with Gasteiger partial charge in [-0.2, -0.15) is 0 Å². The Labute approximate surface area is 163 Å². The average molecular weight is 370 g/mol. The number of nitrogens with one attached hydrogen (secondary N) is 2. The van der Waals surface area contributed by atoms with Crippen molar-refractivity contribution in [2.24, 2.45) is 0 Å². The Morgan fingerprint density at radius 2 is 1.63 bits per heavy atom. The molecule has 1 atom stereocenters. The highest BCUT2D eigenvalue weighted by Gasteiger charge is 2.18. The topological polar surface area (TPSA) is 42.8 Å². The highest BCUT2D eigenvalue weighted by Crippen LogP contribution is 2.32. The highest BCUT2D eigenvalue weighted by molar-refractivity contribution is 5.93. The Morgan fingerprint density at radius 1 is 1.04 bits per heavy atom. The molecule has 4 heteroatoms. The third-order valence-corrected chi connectivity index (χ3v) is 4.74. The number of amides is 1. The molecule has 2 aromatic rings. The summed E-state index contributed by atoms with van der Waals surface area (Å²) in [5.74, 6) is 1.62. The minimum absolute atomic E-state index is 0.0467. The summed E-state index contributed by atoms with van der Waals surface area (Å²) in [6.45, 7) is 9.84. The van der Waals surface area contributed by atoms with Crippen molar-refractivity contribution in [2.45, 2.75) is 46.1 Å². The molecule has 0 saturated heterocycles. The summed E-state index contributed by atoms with van der Waals surface area (Å²) in [5, 5.41) is 3.20. The van der Waals surface area contributed by atoms with Gasteiger partial charge in [0, 0.05) is 11.3 Å². The molecule has 146 valence electrons. The summed E-state index contributed by atoms with van der Waals surface area (Å²) in [4.78, 5) is 13.9. The maximum absolute atomic E-state index is 12.7. The first-order valence-electron chi connectivity index (χ1n) is 9.68. The molecule has 0 fully saturated rings. The molecule has 27 heavy (non-hydrogen) atoms. The second-order valence-electron chi connectivity index (χ2n) is 7.83. The Bertz CT molecular complexity index is 742. The lowest BCUT2D eigenvalue weighted by Crippen LogP contribution is -3.08. The first-order valence-corrected chi connectivity index (χ1v) is 9.68. The Balaban J connectivity index is 2.08. The molecule has 1 unspecified atom stereocenters. The van der Waals surface area contributed by atoms with Crippen molar-refractivity contribution >= 4 is 11.6 Å². The SMILES string of the molecule is COc1cccc(C[NH+](C)CC(=O)Nc2c(C(C)C)cccc2C(C)C)c1. The van der Waals surface area contributed by atoms with E-state index in [1.54, 1.807) is 7.11 Å². The van der Waals surface area contributed by atoms with Gasteiger partial charge >= 0.3 is 0 Å². The van der Waals surface area contributed by atoms with Crippen LogP contribution >= 0.6 is 0 Å². The molecule has 2 N–H and O–H groups in total. The molecular weight excluding hydrogens is 336 g/mol. The van der Waals surface area contributed by atoms with Crippen LogP contribution in [0.25, 0.3) is 0 Å². The van der Waals surface area contributed by atoms with Gasteiger partial charge in [0.05, 0.1) is 14.2 Å². The summed E-state index contributed by atoms with van der Waals surface area (Å²) < 4.78 is 5.28. The molecular formula is C23H33N2O2+. The number of likely N-dealkylation sites (N-methyl/N-ethyl adjacent to an activating group) is 1. The van der Waals surface area contributed by atoms with E-state index in [0.717, 1.165) is 28.4 Å². The number of rotatable bonds is 8. The lowest BCUT2D eigenvalue weighted by atomic mass is 9.92. The zero-order valence-corrected chi connectivity index (χ0v) is 17.4. The summed E-state index contributed by atoms with van der Waals surface area (Å²) in [7, 11) is 3.71. The minimum Gasteiger partial charge on any atom is -0.497 e. The van der Waals surface area contributed by atoms with Crippen molar-refractivity contribution in [3.05, 3.63) is 59.2 Å². The van der Waals surface area contributed by atoms with Crippen molar-refractivity contribution < 1.29 is 14.4 Å². The first-order chi connectivity index (χ1) is 12.8. The van der Waals surface area contributed by atoms with Crippen molar-refractivity contribution in [3.8, 4) is 5.75 Å². The van der Waals surface area contributed by atoms with Crippen LogP contribution < -0.4 is 15.0 Å². The van der Waals surface area contributed by atoms with Crippen LogP contribution in [-0.2, 0) is 11.3 Å². The van der Waals surface area contributed by atoms with Crippen LogP contribution in [0.3, 0.4) is 0 Å². The molecule has 0 aliphatic carbocycles. The van der Waals surface area contributed by atoms with E-state index in [-0.39, 0.29) is 5.91 Å². The van der Waals surface area contributed by atoms with Gasteiger partial charge in [0.1, 0.15) is 12.3 Å². The fourth-order valence-corrected chi connectivity index (χ4v) is 3.35. The number of ether oxygens (including phenoxy) is 1. The smallest absolute Gasteiger partial charge is 0.279 e. The van der Waals surface area contributed by atoms with Gasteiger partial charge in [-0.1, -0.05) is 58.0 Å². The van der Waals surface area contributed by atoms with Gasteiger partial charge in [-0.3, -0.25) is 4.79 Å². The van der Waals surface area contributed by atoms with E-state index in [1.165, 1.54) is 11.1 Å². The number of anilines is 1. The Kier molecular flexibility index (Phi) is 7.43. The van der Waals surface area contributed by atoms with E-state index in [9.17, 15) is 4.79 Å². The minimum atomic E-state index is 0.0467. The van der Waals surface area contributed by atoms with Gasteiger partial charge in [-0.05, 0) is 35.1 Å². The second kappa shape index (κ2) is 9.56. The van der Waals surface area contributed by atoms with Gasteiger partial charge in [0.2, 0.25) is 0 Å². The highest BCUT2D eigenvalue weighted by atomic mass is 16.5. The summed E-state index contributed by atoms with van der Waals surface area (Å²) in [6.07, 6.45) is 0. The molecule has 0 saturated carbocycles. The van der Waals surface area contributed by atoms with Crippen LogP contribution in [0.1, 0.15) is 56.2 Å². The molecule has 0 heterocycles. The molecule has 4 nitrogen and oxygen atoms in total. The molecule has 0 aromatic heterocycles. The van der Waals surface area contributed by atoms with E-state index < -0.39 is 0 Å². The lowest BCUT2D eigenvalue weighted by molar-refractivity contribution is -0.885.